The number of carbonyl (C=O) groups is 1. The molecule has 0 fully saturated rings. The number of rotatable bonds is 2. The van der Waals surface area contributed by atoms with Crippen molar-refractivity contribution in [3.8, 4) is 5.75 Å². The molecule has 1 aliphatic rings. The Morgan fingerprint density at radius 1 is 1.43 bits per heavy atom. The minimum atomic E-state index is -0.0440. The number of aromatic amines is 1. The first-order valence-corrected chi connectivity index (χ1v) is 7.89. The smallest absolute Gasteiger partial charge is 0.168 e. The van der Waals surface area contributed by atoms with Gasteiger partial charge in [-0.1, -0.05) is 0 Å². The Labute approximate surface area is 134 Å². The van der Waals surface area contributed by atoms with Gasteiger partial charge in [0.15, 0.2) is 5.78 Å². The number of hydrogen-bond acceptors (Lipinski definition) is 3. The van der Waals surface area contributed by atoms with Crippen LogP contribution >= 0.6 is 0 Å². The third kappa shape index (κ3) is 2.07. The molecule has 0 bridgehead atoms. The van der Waals surface area contributed by atoms with E-state index >= 15 is 0 Å². The second-order valence-electron chi connectivity index (χ2n) is 6.36. The number of phenols is 1. The molecule has 3 aromatic rings. The molecular weight excluding hydrogens is 290 g/mol. The molecule has 0 aliphatic heterocycles. The summed E-state index contributed by atoms with van der Waals surface area (Å²) in [5.41, 5.74) is 4.85. The molecule has 0 saturated carbocycles. The Bertz CT molecular complexity index is 920. The van der Waals surface area contributed by atoms with Crippen LogP contribution in [0.1, 0.15) is 33.9 Å². The molecule has 1 aromatic carbocycles. The van der Waals surface area contributed by atoms with Crippen molar-refractivity contribution in [1.29, 1.82) is 0 Å². The SMILES string of the molecule is Cc1[nH]cnc1CC1CCc2c(c3cc(O)ccc3n2C)C1=O. The fourth-order valence-corrected chi connectivity index (χ4v) is 3.72. The minimum Gasteiger partial charge on any atom is -0.508 e. The predicted octanol–water partition coefficient (Wildman–Crippen LogP) is 2.90. The van der Waals surface area contributed by atoms with Crippen LogP contribution in [0, 0.1) is 12.8 Å². The minimum absolute atomic E-state index is 0.0440. The number of aromatic nitrogens is 3. The lowest BCUT2D eigenvalue weighted by atomic mass is 9.82. The van der Waals surface area contributed by atoms with E-state index in [0.29, 0.717) is 6.42 Å². The number of Topliss-reactive ketones (excluding diaryl/α,β-unsaturated/α-hetero) is 1. The molecular formula is C18H19N3O2. The first-order chi connectivity index (χ1) is 11.1. The number of hydrogen-bond donors (Lipinski definition) is 2. The van der Waals surface area contributed by atoms with Crippen molar-refractivity contribution in [2.45, 2.75) is 26.2 Å². The maximum absolute atomic E-state index is 13.1. The van der Waals surface area contributed by atoms with Gasteiger partial charge in [0, 0.05) is 47.2 Å². The lowest BCUT2D eigenvalue weighted by Crippen LogP contribution is -2.25. The molecule has 5 heteroatoms. The number of H-pyrrole nitrogens is 1. The van der Waals surface area contributed by atoms with Gasteiger partial charge < -0.3 is 14.7 Å². The number of imidazole rings is 1. The van der Waals surface area contributed by atoms with Crippen LogP contribution in [-0.4, -0.2) is 25.4 Å². The van der Waals surface area contributed by atoms with Gasteiger partial charge in [-0.25, -0.2) is 4.98 Å². The molecule has 0 radical (unpaired) electrons. The number of aryl methyl sites for hydroxylation is 2. The van der Waals surface area contributed by atoms with Crippen LogP contribution in [-0.2, 0) is 19.9 Å². The zero-order valence-corrected chi connectivity index (χ0v) is 13.3. The number of phenolic OH excluding ortho intramolecular Hbond substituents is 1. The van der Waals surface area contributed by atoms with Crippen molar-refractivity contribution < 1.29 is 9.90 Å². The Morgan fingerprint density at radius 3 is 3.00 bits per heavy atom. The Balaban J connectivity index is 1.79. The quantitative estimate of drug-likeness (QED) is 0.764. The normalized spacial score (nSPS) is 17.7. The molecule has 23 heavy (non-hydrogen) atoms. The van der Waals surface area contributed by atoms with Crippen LogP contribution in [0.25, 0.3) is 10.9 Å². The summed E-state index contributed by atoms with van der Waals surface area (Å²) in [6, 6.07) is 5.25. The molecule has 2 N–H and O–H groups in total. The molecule has 1 aliphatic carbocycles. The third-order valence-electron chi connectivity index (χ3n) is 5.03. The summed E-state index contributed by atoms with van der Waals surface area (Å²) >= 11 is 0. The summed E-state index contributed by atoms with van der Waals surface area (Å²) in [7, 11) is 1.99. The number of fused-ring (bicyclic) bond motifs is 3. The van der Waals surface area contributed by atoms with E-state index in [9.17, 15) is 9.90 Å². The topological polar surface area (TPSA) is 70.9 Å². The van der Waals surface area contributed by atoms with Gasteiger partial charge in [0.05, 0.1) is 12.0 Å². The van der Waals surface area contributed by atoms with E-state index in [0.717, 1.165) is 46.4 Å². The molecule has 2 heterocycles. The summed E-state index contributed by atoms with van der Waals surface area (Å²) < 4.78 is 2.08. The Kier molecular flexibility index (Phi) is 3.04. The van der Waals surface area contributed by atoms with E-state index in [2.05, 4.69) is 14.5 Å². The van der Waals surface area contributed by atoms with E-state index < -0.39 is 0 Å². The van der Waals surface area contributed by atoms with Crippen LogP contribution in [0.15, 0.2) is 24.5 Å². The first-order valence-electron chi connectivity index (χ1n) is 7.89. The fourth-order valence-electron chi connectivity index (χ4n) is 3.72. The standard InChI is InChI=1S/C18H19N3O2/c1-10-14(20-9-19-10)7-11-3-5-16-17(18(11)23)13-8-12(22)4-6-15(13)21(16)2/h4,6,8-9,11,22H,3,5,7H2,1-2H3,(H,19,20). The zero-order valence-electron chi connectivity index (χ0n) is 13.3. The van der Waals surface area contributed by atoms with Gasteiger partial charge in [0.1, 0.15) is 5.75 Å². The maximum Gasteiger partial charge on any atom is 0.168 e. The van der Waals surface area contributed by atoms with Crippen LogP contribution in [0.2, 0.25) is 0 Å². The van der Waals surface area contributed by atoms with E-state index in [4.69, 9.17) is 0 Å². The number of nitrogens with zero attached hydrogens (tertiary/aromatic N) is 2. The number of carbonyl (C=O) groups excluding carboxylic acids is 1. The second kappa shape index (κ2) is 4.98. The highest BCUT2D eigenvalue weighted by atomic mass is 16.3. The number of nitrogens with one attached hydrogen (secondary N) is 1. The van der Waals surface area contributed by atoms with Crippen LogP contribution in [0.5, 0.6) is 5.75 Å². The highest BCUT2D eigenvalue weighted by Crippen LogP contribution is 2.36. The van der Waals surface area contributed by atoms with Crippen LogP contribution in [0.4, 0.5) is 0 Å². The third-order valence-corrected chi connectivity index (χ3v) is 5.03. The van der Waals surface area contributed by atoms with E-state index in [1.54, 1.807) is 18.5 Å². The van der Waals surface area contributed by atoms with Gasteiger partial charge in [-0.2, -0.15) is 0 Å². The molecule has 0 saturated heterocycles. The molecule has 2 aromatic heterocycles. The monoisotopic (exact) mass is 309 g/mol. The van der Waals surface area contributed by atoms with Crippen LogP contribution < -0.4 is 0 Å². The molecule has 4 rings (SSSR count). The maximum atomic E-state index is 13.1. The largest absolute Gasteiger partial charge is 0.508 e. The molecule has 1 atom stereocenters. The summed E-state index contributed by atoms with van der Waals surface area (Å²) in [6.45, 7) is 1.98. The van der Waals surface area contributed by atoms with Gasteiger partial charge in [-0.05, 0) is 38.0 Å². The number of ketones is 1. The van der Waals surface area contributed by atoms with E-state index in [1.807, 2.05) is 20.0 Å². The second-order valence-corrected chi connectivity index (χ2v) is 6.36. The zero-order chi connectivity index (χ0) is 16.1. The molecule has 0 amide bonds. The van der Waals surface area contributed by atoms with Crippen molar-refractivity contribution in [3.63, 3.8) is 0 Å². The van der Waals surface area contributed by atoms with E-state index in [1.165, 1.54) is 0 Å². The van der Waals surface area contributed by atoms with Gasteiger partial charge in [0.2, 0.25) is 0 Å². The first kappa shape index (κ1) is 14.1. The van der Waals surface area contributed by atoms with Gasteiger partial charge in [-0.3, -0.25) is 4.79 Å². The van der Waals surface area contributed by atoms with Gasteiger partial charge in [-0.15, -0.1) is 0 Å². The molecule has 118 valence electrons. The van der Waals surface area contributed by atoms with Crippen molar-refractivity contribution in [2.75, 3.05) is 0 Å². The highest BCUT2D eigenvalue weighted by molar-refractivity contribution is 6.11. The van der Waals surface area contributed by atoms with Crippen molar-refractivity contribution in [1.82, 2.24) is 14.5 Å². The lowest BCUT2D eigenvalue weighted by molar-refractivity contribution is 0.0901. The molecule has 1 unspecified atom stereocenters. The molecule has 5 nitrogen and oxygen atoms in total. The van der Waals surface area contributed by atoms with Crippen molar-refractivity contribution in [3.05, 3.63) is 47.2 Å². The summed E-state index contributed by atoms with van der Waals surface area (Å²) in [4.78, 5) is 20.5. The van der Waals surface area contributed by atoms with Crippen molar-refractivity contribution in [2.24, 2.45) is 13.0 Å². The van der Waals surface area contributed by atoms with Crippen LogP contribution in [0.3, 0.4) is 0 Å². The van der Waals surface area contributed by atoms with Gasteiger partial charge in [0.25, 0.3) is 0 Å². The number of aromatic hydroxyl groups is 1. The predicted molar refractivity (Wildman–Crippen MR) is 87.8 cm³/mol. The number of benzene rings is 1. The Morgan fingerprint density at radius 2 is 2.26 bits per heavy atom. The van der Waals surface area contributed by atoms with E-state index in [-0.39, 0.29) is 17.5 Å². The average molecular weight is 309 g/mol. The summed E-state index contributed by atoms with van der Waals surface area (Å²) in [5, 5.41) is 10.7. The fraction of sp³-hybridized carbons (Fsp3) is 0.333. The summed E-state index contributed by atoms with van der Waals surface area (Å²) in [5.74, 6) is 0.325. The van der Waals surface area contributed by atoms with Gasteiger partial charge >= 0.3 is 0 Å². The lowest BCUT2D eigenvalue weighted by Gasteiger charge is -2.21. The average Bonchev–Trinajstić information content (AvgIpc) is 3.05. The van der Waals surface area contributed by atoms with Crippen molar-refractivity contribution >= 4 is 16.7 Å². The Hall–Kier alpha value is -2.56. The highest BCUT2D eigenvalue weighted by Gasteiger charge is 2.32. The summed E-state index contributed by atoms with van der Waals surface area (Å²) in [6.07, 6.45) is 4.07. The molecule has 0 spiro atoms.